The Hall–Kier alpha value is -1.03. The fraction of sp³-hybridized carbons (Fsp3) is 0.286. The van der Waals surface area contributed by atoms with Crippen LogP contribution < -0.4 is 10.5 Å². The minimum atomic E-state index is -0.128. The molecule has 1 heterocycles. The van der Waals surface area contributed by atoms with Crippen molar-refractivity contribution in [3.05, 3.63) is 50.7 Å². The number of hydrogen-bond acceptors (Lipinski definition) is 3. The molecule has 2 nitrogen and oxygen atoms in total. The number of ether oxygens (including phenoxy) is 1. The predicted octanol–water partition coefficient (Wildman–Crippen LogP) is 4.16. The van der Waals surface area contributed by atoms with Crippen molar-refractivity contribution in [2.75, 3.05) is 6.61 Å². The first-order valence-electron chi connectivity index (χ1n) is 5.86. The van der Waals surface area contributed by atoms with Gasteiger partial charge in [0.05, 0.1) is 17.0 Å². The van der Waals surface area contributed by atoms with Gasteiger partial charge in [-0.05, 0) is 43.2 Å². The molecule has 0 bridgehead atoms. The van der Waals surface area contributed by atoms with Crippen molar-refractivity contribution in [2.45, 2.75) is 19.9 Å². The molecule has 1 unspecified atom stereocenters. The van der Waals surface area contributed by atoms with Gasteiger partial charge in [0, 0.05) is 4.88 Å². The summed E-state index contributed by atoms with van der Waals surface area (Å²) in [4.78, 5) is 1.08. The number of benzene rings is 1. The summed E-state index contributed by atoms with van der Waals surface area (Å²) in [6.45, 7) is 4.63. The van der Waals surface area contributed by atoms with Gasteiger partial charge in [0.15, 0.2) is 0 Å². The van der Waals surface area contributed by atoms with Crippen LogP contribution in [0, 0.1) is 6.92 Å². The van der Waals surface area contributed by atoms with Crippen LogP contribution in [0.15, 0.2) is 30.3 Å². The number of halogens is 1. The molecule has 96 valence electrons. The summed E-state index contributed by atoms with van der Waals surface area (Å²) in [5.41, 5.74) is 8.38. The Morgan fingerprint density at radius 3 is 2.50 bits per heavy atom. The number of aryl methyl sites for hydroxylation is 1. The maximum absolute atomic E-state index is 6.23. The molecule has 1 atom stereocenters. The molecule has 0 spiro atoms. The zero-order valence-corrected chi connectivity index (χ0v) is 12.0. The van der Waals surface area contributed by atoms with Crippen molar-refractivity contribution in [1.82, 2.24) is 0 Å². The first-order chi connectivity index (χ1) is 8.61. The summed E-state index contributed by atoms with van der Waals surface area (Å²) in [5.74, 6) is 0.869. The van der Waals surface area contributed by atoms with Crippen molar-refractivity contribution in [3.63, 3.8) is 0 Å². The van der Waals surface area contributed by atoms with E-state index in [0.29, 0.717) is 6.61 Å². The van der Waals surface area contributed by atoms with Crippen molar-refractivity contribution in [1.29, 1.82) is 0 Å². The molecular weight excluding hydrogens is 266 g/mol. The largest absolute Gasteiger partial charge is 0.494 e. The highest BCUT2D eigenvalue weighted by Crippen LogP contribution is 2.33. The second-order valence-electron chi connectivity index (χ2n) is 4.09. The molecule has 0 aliphatic rings. The van der Waals surface area contributed by atoms with Gasteiger partial charge in [-0.3, -0.25) is 0 Å². The minimum Gasteiger partial charge on any atom is -0.494 e. The van der Waals surface area contributed by atoms with Gasteiger partial charge in [-0.25, -0.2) is 0 Å². The average molecular weight is 282 g/mol. The number of rotatable bonds is 4. The molecule has 1 aromatic carbocycles. The van der Waals surface area contributed by atoms with Gasteiger partial charge >= 0.3 is 0 Å². The van der Waals surface area contributed by atoms with Crippen LogP contribution in [-0.2, 0) is 0 Å². The highest BCUT2D eigenvalue weighted by Gasteiger charge is 2.13. The van der Waals surface area contributed by atoms with Crippen molar-refractivity contribution >= 4 is 22.9 Å². The van der Waals surface area contributed by atoms with E-state index in [2.05, 4.69) is 0 Å². The van der Waals surface area contributed by atoms with Gasteiger partial charge < -0.3 is 10.5 Å². The number of nitrogens with two attached hydrogens (primary N) is 1. The Morgan fingerprint density at radius 2 is 2.00 bits per heavy atom. The molecule has 0 fully saturated rings. The normalized spacial score (nSPS) is 12.4. The van der Waals surface area contributed by atoms with Crippen molar-refractivity contribution in [3.8, 4) is 5.75 Å². The molecule has 1 aromatic heterocycles. The lowest BCUT2D eigenvalue weighted by Gasteiger charge is -2.11. The SMILES string of the molecule is CCOc1ccc(C(N)c2cc(C)c(Cl)s2)cc1. The average Bonchev–Trinajstić information content (AvgIpc) is 2.70. The molecule has 0 saturated carbocycles. The Morgan fingerprint density at radius 1 is 1.33 bits per heavy atom. The van der Waals surface area contributed by atoms with Gasteiger partial charge in [-0.15, -0.1) is 11.3 Å². The molecule has 0 amide bonds. The van der Waals surface area contributed by atoms with Crippen LogP contribution in [0.1, 0.15) is 29.0 Å². The van der Waals surface area contributed by atoms with Gasteiger partial charge in [0.2, 0.25) is 0 Å². The predicted molar refractivity (Wildman–Crippen MR) is 77.7 cm³/mol. The molecule has 0 aliphatic carbocycles. The molecular formula is C14H16ClNOS. The number of hydrogen-bond donors (Lipinski definition) is 1. The van der Waals surface area contributed by atoms with E-state index in [1.165, 1.54) is 0 Å². The maximum atomic E-state index is 6.23. The molecule has 2 aromatic rings. The van der Waals surface area contributed by atoms with E-state index < -0.39 is 0 Å². The van der Waals surface area contributed by atoms with Crippen LogP contribution in [0.3, 0.4) is 0 Å². The highest BCUT2D eigenvalue weighted by atomic mass is 35.5. The minimum absolute atomic E-state index is 0.128. The molecule has 4 heteroatoms. The van der Waals surface area contributed by atoms with Crippen LogP contribution in [-0.4, -0.2) is 6.61 Å². The summed E-state index contributed by atoms with van der Waals surface area (Å²) in [6.07, 6.45) is 0. The first kappa shape index (κ1) is 13.4. The monoisotopic (exact) mass is 281 g/mol. The summed E-state index contributed by atoms with van der Waals surface area (Å²) < 4.78 is 6.22. The molecule has 0 saturated heterocycles. The molecule has 2 rings (SSSR count). The Kier molecular flexibility index (Phi) is 4.27. The molecule has 18 heavy (non-hydrogen) atoms. The third kappa shape index (κ3) is 2.86. The third-order valence-electron chi connectivity index (χ3n) is 2.73. The van der Waals surface area contributed by atoms with Gasteiger partial charge in [-0.1, -0.05) is 23.7 Å². The van der Waals surface area contributed by atoms with Crippen molar-refractivity contribution in [2.24, 2.45) is 5.73 Å². The van der Waals surface area contributed by atoms with Gasteiger partial charge in [-0.2, -0.15) is 0 Å². The van der Waals surface area contributed by atoms with Gasteiger partial charge in [0.1, 0.15) is 5.75 Å². The smallest absolute Gasteiger partial charge is 0.119 e. The second kappa shape index (κ2) is 5.74. The third-order valence-corrected chi connectivity index (χ3v) is 4.37. The van der Waals surface area contributed by atoms with E-state index in [4.69, 9.17) is 22.1 Å². The summed E-state index contributed by atoms with van der Waals surface area (Å²) in [5, 5.41) is 0. The summed E-state index contributed by atoms with van der Waals surface area (Å²) in [7, 11) is 0. The molecule has 2 N–H and O–H groups in total. The van der Waals surface area contributed by atoms with E-state index in [1.54, 1.807) is 11.3 Å². The summed E-state index contributed by atoms with van der Waals surface area (Å²) >= 11 is 7.61. The lowest BCUT2D eigenvalue weighted by molar-refractivity contribution is 0.340. The zero-order valence-electron chi connectivity index (χ0n) is 10.4. The lowest BCUT2D eigenvalue weighted by atomic mass is 10.1. The van der Waals surface area contributed by atoms with Crippen molar-refractivity contribution < 1.29 is 4.74 Å². The zero-order chi connectivity index (χ0) is 13.1. The Labute approximate surface area is 116 Å². The van der Waals surface area contributed by atoms with Crippen LogP contribution in [0.4, 0.5) is 0 Å². The fourth-order valence-corrected chi connectivity index (χ4v) is 2.99. The molecule has 0 aliphatic heterocycles. The van der Waals surface area contributed by atoms with E-state index in [-0.39, 0.29) is 6.04 Å². The van der Waals surface area contributed by atoms with Crippen LogP contribution in [0.25, 0.3) is 0 Å². The Bertz CT molecular complexity index is 502. The van der Waals surface area contributed by atoms with Crippen LogP contribution in [0.5, 0.6) is 5.75 Å². The maximum Gasteiger partial charge on any atom is 0.119 e. The lowest BCUT2D eigenvalue weighted by Crippen LogP contribution is -2.10. The van der Waals surface area contributed by atoms with Gasteiger partial charge in [0.25, 0.3) is 0 Å². The van der Waals surface area contributed by atoms with Crippen LogP contribution >= 0.6 is 22.9 Å². The number of thiophene rings is 1. The highest BCUT2D eigenvalue weighted by molar-refractivity contribution is 7.16. The summed E-state index contributed by atoms with van der Waals surface area (Å²) in [6, 6.07) is 9.81. The second-order valence-corrected chi connectivity index (χ2v) is 5.77. The standard InChI is InChI=1S/C14H16ClNOS/c1-3-17-11-6-4-10(5-7-11)13(16)12-8-9(2)14(15)18-12/h4-8,13H,3,16H2,1-2H3. The molecule has 0 radical (unpaired) electrons. The topological polar surface area (TPSA) is 35.2 Å². The van der Waals surface area contributed by atoms with E-state index >= 15 is 0 Å². The van der Waals surface area contributed by atoms with E-state index in [1.807, 2.05) is 44.2 Å². The first-order valence-corrected chi connectivity index (χ1v) is 7.05. The Balaban J connectivity index is 2.20. The van der Waals surface area contributed by atoms with E-state index in [0.717, 1.165) is 26.1 Å². The van der Waals surface area contributed by atoms with E-state index in [9.17, 15) is 0 Å². The van der Waals surface area contributed by atoms with Crippen LogP contribution in [0.2, 0.25) is 4.34 Å². The quantitative estimate of drug-likeness (QED) is 0.913. The fourth-order valence-electron chi connectivity index (χ4n) is 1.74.